The van der Waals surface area contributed by atoms with Crippen molar-refractivity contribution in [3.8, 4) is 0 Å². The Hall–Kier alpha value is -2.04. The number of aliphatic imine (C=N–C) groups is 1. The summed E-state index contributed by atoms with van der Waals surface area (Å²) in [5.74, 6) is 0.00609. The summed E-state index contributed by atoms with van der Waals surface area (Å²) in [6, 6.07) is 0. The van der Waals surface area contributed by atoms with E-state index >= 15 is 0 Å². The van der Waals surface area contributed by atoms with E-state index in [1.165, 1.54) is 13.3 Å². The van der Waals surface area contributed by atoms with Gasteiger partial charge < -0.3 is 26.0 Å². The predicted octanol–water partition coefficient (Wildman–Crippen LogP) is -1.05. The van der Waals surface area contributed by atoms with Crippen molar-refractivity contribution in [3.63, 3.8) is 0 Å². The third-order valence-corrected chi connectivity index (χ3v) is 3.77. The van der Waals surface area contributed by atoms with Crippen LogP contribution in [0, 0.1) is 6.92 Å². The minimum atomic E-state index is -2.03. The molecule has 0 unspecified atom stereocenters. The van der Waals surface area contributed by atoms with Gasteiger partial charge in [0, 0.05) is 0 Å². The second-order valence-electron chi connectivity index (χ2n) is 5.49. The number of ether oxygens (including phenoxy) is 1. The van der Waals surface area contributed by atoms with Crippen LogP contribution in [0.25, 0.3) is 0 Å². The summed E-state index contributed by atoms with van der Waals surface area (Å²) in [6.45, 7) is 2.22. The maximum absolute atomic E-state index is 14.4. The molecule has 10 heteroatoms. The highest BCUT2D eigenvalue weighted by molar-refractivity contribution is 5.76. The standard InChI is InChI=1S/C13H20FN5O4/c1-6-9(11(22)19-12(15)18-6)17-5-16-3-8-13(2,14)10(21)7(4-20)23-8/h5,7-8,10,20-21H,3-4H2,1-2H3,(H,16,17)(H3,15,18,19,22)/t7-,8+,10-,13+/m1/s1. The van der Waals surface area contributed by atoms with Crippen molar-refractivity contribution in [2.45, 2.75) is 37.8 Å². The first-order valence-corrected chi connectivity index (χ1v) is 7.02. The molecule has 0 spiro atoms. The van der Waals surface area contributed by atoms with Crippen LogP contribution in [-0.2, 0) is 4.74 Å². The Labute approximate surface area is 131 Å². The smallest absolute Gasteiger partial charge is 0.276 e. The summed E-state index contributed by atoms with van der Waals surface area (Å²) in [5, 5.41) is 21.4. The highest BCUT2D eigenvalue weighted by Gasteiger charge is 2.53. The third kappa shape index (κ3) is 3.49. The molecular weight excluding hydrogens is 309 g/mol. The second kappa shape index (κ2) is 6.60. The molecule has 1 aliphatic rings. The Morgan fingerprint density at radius 3 is 2.91 bits per heavy atom. The summed E-state index contributed by atoms with van der Waals surface area (Å²) < 4.78 is 19.6. The van der Waals surface area contributed by atoms with Gasteiger partial charge in [-0.1, -0.05) is 0 Å². The van der Waals surface area contributed by atoms with Gasteiger partial charge >= 0.3 is 0 Å². The Balaban J connectivity index is 1.99. The number of nitrogens with one attached hydrogen (secondary N) is 2. The van der Waals surface area contributed by atoms with Gasteiger partial charge in [0.2, 0.25) is 5.95 Å². The Morgan fingerprint density at radius 1 is 1.65 bits per heavy atom. The first-order chi connectivity index (χ1) is 10.8. The van der Waals surface area contributed by atoms with Crippen LogP contribution in [-0.4, -0.2) is 63.7 Å². The largest absolute Gasteiger partial charge is 0.394 e. The summed E-state index contributed by atoms with van der Waals surface area (Å²) in [4.78, 5) is 21.9. The number of rotatable bonds is 5. The van der Waals surface area contributed by atoms with Crippen molar-refractivity contribution >= 4 is 18.0 Å². The maximum atomic E-state index is 14.4. The number of aliphatic hydroxyl groups excluding tert-OH is 2. The van der Waals surface area contributed by atoms with Crippen LogP contribution in [0.3, 0.4) is 0 Å². The zero-order chi connectivity index (χ0) is 17.2. The van der Waals surface area contributed by atoms with E-state index in [9.17, 15) is 14.3 Å². The van der Waals surface area contributed by atoms with E-state index in [0.29, 0.717) is 5.69 Å². The minimum Gasteiger partial charge on any atom is -0.394 e. The van der Waals surface area contributed by atoms with Crippen molar-refractivity contribution in [1.82, 2.24) is 9.97 Å². The lowest BCUT2D eigenvalue weighted by Gasteiger charge is -2.22. The third-order valence-electron chi connectivity index (χ3n) is 3.77. The van der Waals surface area contributed by atoms with Crippen LogP contribution in [0.15, 0.2) is 9.79 Å². The number of alkyl halides is 1. The highest BCUT2D eigenvalue weighted by Crippen LogP contribution is 2.34. The number of anilines is 2. The van der Waals surface area contributed by atoms with Crippen molar-refractivity contribution in [3.05, 3.63) is 16.0 Å². The number of nitrogens with two attached hydrogens (primary N) is 1. The fraction of sp³-hybridized carbons (Fsp3) is 0.615. The van der Waals surface area contributed by atoms with Gasteiger partial charge in [-0.3, -0.25) is 14.8 Å². The van der Waals surface area contributed by atoms with E-state index in [-0.39, 0.29) is 18.2 Å². The summed E-state index contributed by atoms with van der Waals surface area (Å²) in [6.07, 6.45) is -2.19. The number of nitrogens with zero attached hydrogens (tertiary/aromatic N) is 2. The number of H-pyrrole nitrogens is 1. The van der Waals surface area contributed by atoms with Gasteiger partial charge in [0.15, 0.2) is 5.67 Å². The minimum absolute atomic E-state index is 0.00609. The normalized spacial score (nSPS) is 30.9. The first kappa shape index (κ1) is 17.3. The molecule has 2 heterocycles. The molecule has 1 aromatic heterocycles. The zero-order valence-corrected chi connectivity index (χ0v) is 12.8. The average molecular weight is 329 g/mol. The number of hydrogen-bond donors (Lipinski definition) is 5. The zero-order valence-electron chi connectivity index (χ0n) is 12.8. The molecule has 6 N–H and O–H groups in total. The fourth-order valence-corrected chi connectivity index (χ4v) is 2.37. The number of aromatic nitrogens is 2. The molecule has 1 fully saturated rings. The molecule has 0 aromatic carbocycles. The summed E-state index contributed by atoms with van der Waals surface area (Å²) in [7, 11) is 0. The van der Waals surface area contributed by atoms with Crippen LogP contribution < -0.4 is 16.6 Å². The Kier molecular flexibility index (Phi) is 4.97. The Bertz CT molecular complexity index is 648. The highest BCUT2D eigenvalue weighted by atomic mass is 19.1. The monoisotopic (exact) mass is 329 g/mol. The molecule has 0 radical (unpaired) electrons. The molecule has 1 aliphatic heterocycles. The molecule has 0 aliphatic carbocycles. The topological polar surface area (TPSA) is 146 Å². The van der Waals surface area contributed by atoms with E-state index in [4.69, 9.17) is 15.6 Å². The predicted molar refractivity (Wildman–Crippen MR) is 82.3 cm³/mol. The SMILES string of the molecule is Cc1nc(N)[nH]c(=O)c1NC=NC[C@@H]1O[C@H](CO)[C@@H](O)[C@@]1(C)F. The summed E-state index contributed by atoms with van der Waals surface area (Å²) in [5.41, 5.74) is 3.49. The van der Waals surface area contributed by atoms with Crippen molar-refractivity contribution in [2.24, 2.45) is 4.99 Å². The molecule has 0 saturated carbocycles. The molecule has 9 nitrogen and oxygen atoms in total. The van der Waals surface area contributed by atoms with Gasteiger partial charge in [0.25, 0.3) is 5.56 Å². The molecule has 128 valence electrons. The number of nitrogen functional groups attached to an aromatic ring is 1. The van der Waals surface area contributed by atoms with Crippen molar-refractivity contribution < 1.29 is 19.3 Å². The quantitative estimate of drug-likeness (QED) is 0.342. The van der Waals surface area contributed by atoms with Crippen molar-refractivity contribution in [1.29, 1.82) is 0 Å². The lowest BCUT2D eigenvalue weighted by atomic mass is 9.95. The fourth-order valence-electron chi connectivity index (χ4n) is 2.37. The van der Waals surface area contributed by atoms with Gasteiger partial charge in [0.05, 0.1) is 25.2 Å². The molecule has 0 bridgehead atoms. The number of halogens is 1. The Morgan fingerprint density at radius 2 is 2.35 bits per heavy atom. The van der Waals surface area contributed by atoms with Gasteiger partial charge in [0.1, 0.15) is 24.0 Å². The van der Waals surface area contributed by atoms with Gasteiger partial charge in [-0.05, 0) is 13.8 Å². The van der Waals surface area contributed by atoms with Crippen molar-refractivity contribution in [2.75, 3.05) is 24.2 Å². The van der Waals surface area contributed by atoms with Crippen LogP contribution >= 0.6 is 0 Å². The lowest BCUT2D eigenvalue weighted by Crippen LogP contribution is -2.43. The summed E-state index contributed by atoms with van der Waals surface area (Å²) >= 11 is 0. The molecule has 1 saturated heterocycles. The molecule has 23 heavy (non-hydrogen) atoms. The molecule has 2 rings (SSSR count). The van der Waals surface area contributed by atoms with Gasteiger partial charge in [-0.25, -0.2) is 9.37 Å². The lowest BCUT2D eigenvalue weighted by molar-refractivity contribution is -0.0191. The van der Waals surface area contributed by atoms with Crippen LogP contribution in [0.1, 0.15) is 12.6 Å². The van der Waals surface area contributed by atoms with E-state index < -0.39 is 36.1 Å². The van der Waals surface area contributed by atoms with Crippen LogP contribution in [0.4, 0.5) is 16.0 Å². The molecule has 1 aromatic rings. The number of aromatic amines is 1. The van der Waals surface area contributed by atoms with E-state index in [1.807, 2.05) is 0 Å². The molecule has 0 amide bonds. The van der Waals surface area contributed by atoms with E-state index in [0.717, 1.165) is 0 Å². The molecule has 4 atom stereocenters. The second-order valence-corrected chi connectivity index (χ2v) is 5.49. The van der Waals surface area contributed by atoms with Gasteiger partial charge in [-0.15, -0.1) is 0 Å². The first-order valence-electron chi connectivity index (χ1n) is 7.02. The number of aliphatic hydroxyl groups is 2. The molecular formula is C13H20FN5O4. The van der Waals surface area contributed by atoms with Crippen LogP contribution in [0.2, 0.25) is 0 Å². The number of aryl methyl sites for hydroxylation is 1. The number of hydrogen-bond acceptors (Lipinski definition) is 7. The average Bonchev–Trinajstić information content (AvgIpc) is 2.68. The van der Waals surface area contributed by atoms with E-state index in [1.54, 1.807) is 6.92 Å². The van der Waals surface area contributed by atoms with Crippen LogP contribution in [0.5, 0.6) is 0 Å². The van der Waals surface area contributed by atoms with E-state index in [2.05, 4.69) is 20.3 Å². The van der Waals surface area contributed by atoms with Gasteiger partial charge in [-0.2, -0.15) is 0 Å². The maximum Gasteiger partial charge on any atom is 0.276 e.